The lowest BCUT2D eigenvalue weighted by Crippen LogP contribution is -2.39. The summed E-state index contributed by atoms with van der Waals surface area (Å²) in [5.41, 5.74) is 0. The quantitative estimate of drug-likeness (QED) is 0.445. The highest BCUT2D eigenvalue weighted by molar-refractivity contribution is 5.78. The van der Waals surface area contributed by atoms with Gasteiger partial charge in [-0.05, 0) is 51.6 Å². The Labute approximate surface area is 178 Å². The molecule has 0 aromatic heterocycles. The zero-order valence-electron chi connectivity index (χ0n) is 19.3. The lowest BCUT2D eigenvalue weighted by atomic mass is 9.91. The molecule has 0 radical (unpaired) electrons. The SMILES string of the molecule is CC(C)C.CCOCCOCCNC(=O)C1CCNCC1.O=CC1CCCCC1. The molecule has 1 saturated heterocycles. The Morgan fingerprint density at radius 1 is 1.00 bits per heavy atom. The van der Waals surface area contributed by atoms with Gasteiger partial charge in [0.25, 0.3) is 0 Å². The molecule has 29 heavy (non-hydrogen) atoms. The van der Waals surface area contributed by atoms with Crippen LogP contribution in [0.5, 0.6) is 0 Å². The van der Waals surface area contributed by atoms with E-state index in [2.05, 4.69) is 31.4 Å². The smallest absolute Gasteiger partial charge is 0.223 e. The molecule has 6 nitrogen and oxygen atoms in total. The summed E-state index contributed by atoms with van der Waals surface area (Å²) < 4.78 is 10.5. The fourth-order valence-corrected chi connectivity index (χ4v) is 3.11. The molecule has 0 aromatic carbocycles. The van der Waals surface area contributed by atoms with Crippen LogP contribution in [0, 0.1) is 17.8 Å². The van der Waals surface area contributed by atoms with Gasteiger partial charge in [-0.1, -0.05) is 40.0 Å². The monoisotopic (exact) mass is 414 g/mol. The summed E-state index contributed by atoms with van der Waals surface area (Å²) in [6, 6.07) is 0. The highest BCUT2D eigenvalue weighted by Crippen LogP contribution is 2.21. The van der Waals surface area contributed by atoms with E-state index < -0.39 is 0 Å². The molecule has 0 spiro atoms. The minimum absolute atomic E-state index is 0.167. The predicted octanol–water partition coefficient (Wildman–Crippen LogP) is 3.58. The van der Waals surface area contributed by atoms with E-state index in [1.54, 1.807) is 0 Å². The molecule has 2 aliphatic rings. The van der Waals surface area contributed by atoms with E-state index in [9.17, 15) is 9.59 Å². The van der Waals surface area contributed by atoms with Crippen molar-refractivity contribution in [1.29, 1.82) is 0 Å². The molecule has 2 N–H and O–H groups in total. The highest BCUT2D eigenvalue weighted by atomic mass is 16.5. The Balaban J connectivity index is 0.000000537. The van der Waals surface area contributed by atoms with Crippen LogP contribution in [-0.4, -0.2) is 58.3 Å². The molecule has 6 heteroatoms. The van der Waals surface area contributed by atoms with Crippen molar-refractivity contribution in [3.05, 3.63) is 0 Å². The van der Waals surface area contributed by atoms with Crippen LogP contribution in [-0.2, 0) is 19.1 Å². The standard InChI is InChI=1S/C12H24N2O3.C7H12O.C4H10/c1-2-16-9-10-17-8-7-14-12(15)11-3-5-13-6-4-11;8-6-7-4-2-1-3-5-7;1-4(2)3/h11,13H,2-10H2,1H3,(H,14,15);6-7H,1-5H2;4H,1-3H3. The number of amides is 1. The number of hydrogen-bond acceptors (Lipinski definition) is 5. The van der Waals surface area contributed by atoms with Gasteiger partial charge in [-0.3, -0.25) is 4.79 Å². The summed E-state index contributed by atoms with van der Waals surface area (Å²) in [6.45, 7) is 13.4. The molecule has 0 unspecified atom stereocenters. The van der Waals surface area contributed by atoms with E-state index in [0.29, 0.717) is 32.3 Å². The maximum absolute atomic E-state index is 11.7. The highest BCUT2D eigenvalue weighted by Gasteiger charge is 2.20. The zero-order chi connectivity index (χ0) is 21.7. The number of carbonyl (C=O) groups excluding carboxylic acids is 2. The Hall–Kier alpha value is -0.980. The van der Waals surface area contributed by atoms with Gasteiger partial charge < -0.3 is 24.9 Å². The van der Waals surface area contributed by atoms with Crippen LogP contribution in [0.15, 0.2) is 0 Å². The van der Waals surface area contributed by atoms with E-state index in [0.717, 1.165) is 57.6 Å². The third-order valence-corrected chi connectivity index (χ3v) is 4.67. The zero-order valence-corrected chi connectivity index (χ0v) is 19.3. The molecule has 2 fully saturated rings. The number of rotatable bonds is 9. The van der Waals surface area contributed by atoms with Crippen molar-refractivity contribution in [3.63, 3.8) is 0 Å². The van der Waals surface area contributed by atoms with E-state index in [1.807, 2.05) is 6.92 Å². The number of carbonyl (C=O) groups is 2. The minimum Gasteiger partial charge on any atom is -0.379 e. The van der Waals surface area contributed by atoms with Crippen molar-refractivity contribution in [2.75, 3.05) is 46.1 Å². The van der Waals surface area contributed by atoms with Crippen molar-refractivity contribution in [2.45, 2.75) is 72.6 Å². The minimum atomic E-state index is 0.167. The van der Waals surface area contributed by atoms with Crippen LogP contribution in [0.2, 0.25) is 0 Å². The molecular weight excluding hydrogens is 368 g/mol. The summed E-state index contributed by atoms with van der Waals surface area (Å²) >= 11 is 0. The number of piperidine rings is 1. The van der Waals surface area contributed by atoms with Gasteiger partial charge in [0.2, 0.25) is 5.91 Å². The number of nitrogens with one attached hydrogen (secondary N) is 2. The van der Waals surface area contributed by atoms with Crippen molar-refractivity contribution < 1.29 is 19.1 Å². The summed E-state index contributed by atoms with van der Waals surface area (Å²) in [5.74, 6) is 1.59. The first-order valence-electron chi connectivity index (χ1n) is 11.6. The van der Waals surface area contributed by atoms with Crippen LogP contribution < -0.4 is 10.6 Å². The largest absolute Gasteiger partial charge is 0.379 e. The van der Waals surface area contributed by atoms with Crippen molar-refractivity contribution in [1.82, 2.24) is 10.6 Å². The van der Waals surface area contributed by atoms with Crippen LogP contribution in [0.1, 0.15) is 72.6 Å². The Kier molecular flexibility index (Phi) is 19.6. The van der Waals surface area contributed by atoms with Gasteiger partial charge in [0.1, 0.15) is 6.29 Å². The van der Waals surface area contributed by atoms with Gasteiger partial charge in [0.15, 0.2) is 0 Å². The number of ether oxygens (including phenoxy) is 2. The summed E-state index contributed by atoms with van der Waals surface area (Å²) in [5, 5.41) is 6.16. The van der Waals surface area contributed by atoms with Crippen molar-refractivity contribution in [2.24, 2.45) is 17.8 Å². The molecule has 2 rings (SSSR count). The normalized spacial score (nSPS) is 17.6. The van der Waals surface area contributed by atoms with Gasteiger partial charge in [0, 0.05) is 25.0 Å². The van der Waals surface area contributed by atoms with Gasteiger partial charge in [-0.2, -0.15) is 0 Å². The molecule has 1 aliphatic heterocycles. The molecule has 1 saturated carbocycles. The first kappa shape index (κ1) is 28.0. The van der Waals surface area contributed by atoms with Crippen molar-refractivity contribution >= 4 is 12.2 Å². The molecular formula is C23H46N2O4. The van der Waals surface area contributed by atoms with Crippen molar-refractivity contribution in [3.8, 4) is 0 Å². The van der Waals surface area contributed by atoms with E-state index in [1.165, 1.54) is 19.3 Å². The fraction of sp³-hybridized carbons (Fsp3) is 0.913. The molecule has 0 aromatic rings. The van der Waals surface area contributed by atoms with Gasteiger partial charge in [0.05, 0.1) is 19.8 Å². The maximum atomic E-state index is 11.7. The van der Waals surface area contributed by atoms with Crippen LogP contribution in [0.4, 0.5) is 0 Å². The molecule has 1 amide bonds. The maximum Gasteiger partial charge on any atom is 0.223 e. The van der Waals surface area contributed by atoms with Crippen LogP contribution in [0.3, 0.4) is 0 Å². The summed E-state index contributed by atoms with van der Waals surface area (Å²) in [7, 11) is 0. The van der Waals surface area contributed by atoms with E-state index in [4.69, 9.17) is 9.47 Å². The van der Waals surface area contributed by atoms with Crippen LogP contribution in [0.25, 0.3) is 0 Å². The topological polar surface area (TPSA) is 76.7 Å². The first-order chi connectivity index (χ1) is 14.0. The molecule has 172 valence electrons. The number of aldehydes is 1. The van der Waals surface area contributed by atoms with Crippen LogP contribution >= 0.6 is 0 Å². The lowest BCUT2D eigenvalue weighted by molar-refractivity contribution is -0.126. The van der Waals surface area contributed by atoms with Gasteiger partial charge in [-0.25, -0.2) is 0 Å². The predicted molar refractivity (Wildman–Crippen MR) is 119 cm³/mol. The summed E-state index contributed by atoms with van der Waals surface area (Å²) in [4.78, 5) is 21.9. The second-order valence-electron chi connectivity index (χ2n) is 8.39. The first-order valence-corrected chi connectivity index (χ1v) is 11.6. The average Bonchev–Trinajstić information content (AvgIpc) is 2.74. The Morgan fingerprint density at radius 2 is 1.59 bits per heavy atom. The van der Waals surface area contributed by atoms with Gasteiger partial charge in [-0.15, -0.1) is 0 Å². The Bertz CT molecular complexity index is 376. The van der Waals surface area contributed by atoms with E-state index in [-0.39, 0.29) is 11.8 Å². The number of hydrogen-bond donors (Lipinski definition) is 2. The lowest BCUT2D eigenvalue weighted by Gasteiger charge is -2.21. The molecule has 0 atom stereocenters. The van der Waals surface area contributed by atoms with Gasteiger partial charge >= 0.3 is 0 Å². The second-order valence-corrected chi connectivity index (χ2v) is 8.39. The molecule has 1 aliphatic carbocycles. The molecule has 0 bridgehead atoms. The third kappa shape index (κ3) is 18.8. The fourth-order valence-electron chi connectivity index (χ4n) is 3.11. The second kappa shape index (κ2) is 20.3. The average molecular weight is 415 g/mol. The Morgan fingerprint density at radius 3 is 2.10 bits per heavy atom. The molecule has 1 heterocycles. The van der Waals surface area contributed by atoms with E-state index >= 15 is 0 Å². The third-order valence-electron chi connectivity index (χ3n) is 4.67. The summed E-state index contributed by atoms with van der Waals surface area (Å²) in [6.07, 6.45) is 9.15.